The van der Waals surface area contributed by atoms with Gasteiger partial charge in [-0.25, -0.2) is 21.6 Å². The van der Waals surface area contributed by atoms with Crippen LogP contribution in [0.15, 0.2) is 29.2 Å². The van der Waals surface area contributed by atoms with Gasteiger partial charge in [-0.05, 0) is 38.1 Å². The van der Waals surface area contributed by atoms with Gasteiger partial charge in [-0.2, -0.15) is 4.31 Å². The van der Waals surface area contributed by atoms with E-state index in [1.54, 1.807) is 19.1 Å². The molecule has 0 amide bonds. The molecule has 0 bridgehead atoms. The van der Waals surface area contributed by atoms with Gasteiger partial charge < -0.3 is 9.47 Å². The van der Waals surface area contributed by atoms with Crippen LogP contribution in [0, 0.1) is 0 Å². The van der Waals surface area contributed by atoms with Crippen molar-refractivity contribution in [1.29, 1.82) is 0 Å². The molecule has 1 saturated heterocycles. The van der Waals surface area contributed by atoms with Crippen LogP contribution < -0.4 is 9.46 Å². The predicted octanol–water partition coefficient (Wildman–Crippen LogP) is 0.414. The molecule has 1 N–H and O–H groups in total. The van der Waals surface area contributed by atoms with Crippen LogP contribution in [0.2, 0.25) is 0 Å². The average Bonchev–Trinajstić information content (AvgIpc) is 2.55. The molecule has 1 unspecified atom stereocenters. The van der Waals surface area contributed by atoms with Crippen LogP contribution in [0.5, 0.6) is 5.75 Å². The second-order valence-corrected chi connectivity index (χ2v) is 9.51. The minimum atomic E-state index is -3.77. The molecule has 1 aromatic rings. The minimum absolute atomic E-state index is 0.0633. The average molecular weight is 392 g/mol. The first kappa shape index (κ1) is 20.1. The Bertz CT molecular complexity index is 762. The standard InChI is InChI=1S/C15H24N2O6S2/c1-3-22-14-4-6-15(7-5-14)25(20,21)16-8-11-24(18,19)17-9-10-23-13(2)12-17/h4-7,13,16H,3,8-12H2,1-2H3. The Morgan fingerprint density at radius 1 is 1.24 bits per heavy atom. The molecule has 0 radical (unpaired) electrons. The van der Waals surface area contributed by atoms with Crippen molar-refractivity contribution in [2.24, 2.45) is 0 Å². The normalized spacial score (nSPS) is 19.7. The van der Waals surface area contributed by atoms with Crippen molar-refractivity contribution in [2.75, 3.05) is 38.6 Å². The lowest BCUT2D eigenvalue weighted by atomic mass is 10.3. The zero-order chi connectivity index (χ0) is 18.5. The first-order valence-electron chi connectivity index (χ1n) is 8.06. The van der Waals surface area contributed by atoms with Crippen LogP contribution in [-0.4, -0.2) is 65.8 Å². The maximum atomic E-state index is 12.3. The number of morpholine rings is 1. The Kier molecular flexibility index (Phi) is 6.80. The van der Waals surface area contributed by atoms with E-state index >= 15 is 0 Å². The zero-order valence-electron chi connectivity index (χ0n) is 14.3. The highest BCUT2D eigenvalue weighted by atomic mass is 32.2. The second kappa shape index (κ2) is 8.45. The molecule has 0 saturated carbocycles. The molecule has 142 valence electrons. The van der Waals surface area contributed by atoms with Gasteiger partial charge in [0, 0.05) is 19.6 Å². The van der Waals surface area contributed by atoms with Crippen LogP contribution in [0.4, 0.5) is 0 Å². The van der Waals surface area contributed by atoms with E-state index < -0.39 is 20.0 Å². The van der Waals surface area contributed by atoms with Gasteiger partial charge in [-0.1, -0.05) is 0 Å². The van der Waals surface area contributed by atoms with E-state index in [0.717, 1.165) is 0 Å². The van der Waals surface area contributed by atoms with Gasteiger partial charge in [0.25, 0.3) is 0 Å². The first-order valence-corrected chi connectivity index (χ1v) is 11.2. The smallest absolute Gasteiger partial charge is 0.240 e. The van der Waals surface area contributed by atoms with Gasteiger partial charge in [0.15, 0.2) is 0 Å². The lowest BCUT2D eigenvalue weighted by Gasteiger charge is -2.30. The van der Waals surface area contributed by atoms with E-state index in [9.17, 15) is 16.8 Å². The van der Waals surface area contributed by atoms with Gasteiger partial charge in [0.2, 0.25) is 20.0 Å². The van der Waals surface area contributed by atoms with Crippen molar-refractivity contribution in [2.45, 2.75) is 24.8 Å². The van der Waals surface area contributed by atoms with E-state index in [-0.39, 0.29) is 36.4 Å². The quantitative estimate of drug-likeness (QED) is 0.688. The number of ether oxygens (including phenoxy) is 2. The molecule has 1 fully saturated rings. The zero-order valence-corrected chi connectivity index (χ0v) is 16.0. The van der Waals surface area contributed by atoms with Crippen molar-refractivity contribution in [3.8, 4) is 5.75 Å². The first-order chi connectivity index (χ1) is 11.7. The third-order valence-electron chi connectivity index (χ3n) is 3.69. The largest absolute Gasteiger partial charge is 0.494 e. The third kappa shape index (κ3) is 5.65. The molecule has 1 aliphatic rings. The van der Waals surface area contributed by atoms with Gasteiger partial charge >= 0.3 is 0 Å². The summed E-state index contributed by atoms with van der Waals surface area (Å²) in [4.78, 5) is 0.0633. The molecular weight excluding hydrogens is 368 g/mol. The molecule has 0 aromatic heterocycles. The van der Waals surface area contributed by atoms with Gasteiger partial charge in [-0.3, -0.25) is 0 Å². The topological polar surface area (TPSA) is 102 Å². The fourth-order valence-electron chi connectivity index (χ4n) is 2.44. The predicted molar refractivity (Wildman–Crippen MR) is 93.6 cm³/mol. The van der Waals surface area contributed by atoms with Gasteiger partial charge in [0.05, 0.1) is 30.0 Å². The summed E-state index contributed by atoms with van der Waals surface area (Å²) in [5.74, 6) is 0.279. The van der Waals surface area contributed by atoms with Crippen molar-refractivity contribution >= 4 is 20.0 Å². The van der Waals surface area contributed by atoms with Crippen LogP contribution in [-0.2, 0) is 24.8 Å². The maximum absolute atomic E-state index is 12.3. The Morgan fingerprint density at radius 2 is 1.92 bits per heavy atom. The van der Waals surface area contributed by atoms with Gasteiger partial charge in [0.1, 0.15) is 5.75 Å². The van der Waals surface area contributed by atoms with Crippen molar-refractivity contribution in [3.05, 3.63) is 24.3 Å². The molecular formula is C15H24N2O6S2. The summed E-state index contributed by atoms with van der Waals surface area (Å²) in [6.45, 7) is 4.86. The molecule has 25 heavy (non-hydrogen) atoms. The molecule has 1 atom stereocenters. The summed E-state index contributed by atoms with van der Waals surface area (Å²) in [7, 11) is -7.30. The second-order valence-electron chi connectivity index (χ2n) is 5.66. The number of sulfonamides is 2. The van der Waals surface area contributed by atoms with Crippen LogP contribution in [0.3, 0.4) is 0 Å². The van der Waals surface area contributed by atoms with E-state index in [0.29, 0.717) is 19.0 Å². The van der Waals surface area contributed by atoms with Crippen LogP contribution in [0.25, 0.3) is 0 Å². The monoisotopic (exact) mass is 392 g/mol. The van der Waals surface area contributed by atoms with Gasteiger partial charge in [-0.15, -0.1) is 0 Å². The fourth-order valence-corrected chi connectivity index (χ4v) is 5.01. The Hall–Kier alpha value is -1.20. The Morgan fingerprint density at radius 3 is 2.52 bits per heavy atom. The third-order valence-corrected chi connectivity index (χ3v) is 7.01. The highest BCUT2D eigenvalue weighted by molar-refractivity contribution is 7.90. The van der Waals surface area contributed by atoms with Crippen molar-refractivity contribution < 1.29 is 26.3 Å². The van der Waals surface area contributed by atoms with Crippen molar-refractivity contribution in [3.63, 3.8) is 0 Å². The summed E-state index contributed by atoms with van der Waals surface area (Å²) in [6, 6.07) is 5.96. The summed E-state index contributed by atoms with van der Waals surface area (Å²) < 4.78 is 63.3. The number of benzene rings is 1. The SMILES string of the molecule is CCOc1ccc(S(=O)(=O)NCCS(=O)(=O)N2CCOC(C)C2)cc1. The molecule has 0 spiro atoms. The maximum Gasteiger partial charge on any atom is 0.240 e. The minimum Gasteiger partial charge on any atom is -0.494 e. The molecule has 1 aromatic carbocycles. The van der Waals surface area contributed by atoms with E-state index in [1.807, 2.05) is 6.92 Å². The highest BCUT2D eigenvalue weighted by Gasteiger charge is 2.27. The number of hydrogen-bond donors (Lipinski definition) is 1. The molecule has 0 aliphatic carbocycles. The molecule has 1 aliphatic heterocycles. The Labute approximate surface area is 149 Å². The van der Waals surface area contributed by atoms with Crippen LogP contribution in [0.1, 0.15) is 13.8 Å². The highest BCUT2D eigenvalue weighted by Crippen LogP contribution is 2.16. The lowest BCUT2D eigenvalue weighted by molar-refractivity contribution is 0.0102. The summed E-state index contributed by atoms with van der Waals surface area (Å²) in [5, 5.41) is 0. The number of hydrogen-bond acceptors (Lipinski definition) is 6. The molecule has 2 rings (SSSR count). The number of nitrogens with one attached hydrogen (secondary N) is 1. The lowest BCUT2D eigenvalue weighted by Crippen LogP contribution is -2.46. The summed E-state index contributed by atoms with van der Waals surface area (Å²) in [5.41, 5.74) is 0. The molecule has 1 heterocycles. The van der Waals surface area contributed by atoms with E-state index in [1.165, 1.54) is 16.4 Å². The molecule has 10 heteroatoms. The van der Waals surface area contributed by atoms with E-state index in [2.05, 4.69) is 4.72 Å². The summed E-state index contributed by atoms with van der Waals surface area (Å²) in [6.07, 6.45) is -0.163. The number of nitrogens with zero attached hydrogens (tertiary/aromatic N) is 1. The summed E-state index contributed by atoms with van der Waals surface area (Å²) >= 11 is 0. The molecule has 8 nitrogen and oxygen atoms in total. The van der Waals surface area contributed by atoms with E-state index in [4.69, 9.17) is 9.47 Å². The number of rotatable bonds is 8. The van der Waals surface area contributed by atoms with Crippen LogP contribution >= 0.6 is 0 Å². The Balaban J connectivity index is 1.93. The van der Waals surface area contributed by atoms with Crippen molar-refractivity contribution in [1.82, 2.24) is 9.03 Å². The fraction of sp³-hybridized carbons (Fsp3) is 0.600.